The van der Waals surface area contributed by atoms with Gasteiger partial charge in [-0.05, 0) is 37.3 Å². The molecule has 2 aliphatic rings. The summed E-state index contributed by atoms with van der Waals surface area (Å²) in [6, 6.07) is 9.55. The minimum Gasteiger partial charge on any atom is -0.454 e. The number of hydrogen-bond acceptors (Lipinski definition) is 4. The Bertz CT molecular complexity index is 855. The number of carbonyl (C=O) groups excluding carboxylic acids is 1. The van der Waals surface area contributed by atoms with Crippen LogP contribution in [0.2, 0.25) is 5.15 Å². The van der Waals surface area contributed by atoms with Gasteiger partial charge in [0.25, 0.3) is 5.91 Å². The van der Waals surface area contributed by atoms with Crippen LogP contribution < -0.4 is 24.6 Å². The van der Waals surface area contributed by atoms with Crippen molar-refractivity contribution in [2.45, 2.75) is 19.5 Å². The van der Waals surface area contributed by atoms with E-state index in [4.69, 9.17) is 21.1 Å². The third-order valence-electron chi connectivity index (χ3n) is 5.51. The molecule has 3 N–H and O–H groups in total. The van der Waals surface area contributed by atoms with Crippen LogP contribution in [-0.2, 0) is 11.3 Å². The van der Waals surface area contributed by atoms with Crippen LogP contribution >= 0.6 is 11.6 Å². The van der Waals surface area contributed by atoms with Crippen LogP contribution in [0.4, 0.5) is 5.69 Å². The van der Waals surface area contributed by atoms with Crippen molar-refractivity contribution in [3.05, 3.63) is 47.2 Å². The standard InChI is InChI=1S/C20H23ClN4O3/c1-14(20(26)23-16-3-2-6-22-19(16)21)25-9-7-24(8-10-25)12-15-4-5-17-18(11-15)28-13-27-17/h2-6,11,14H,7-10,12-13H2,1H3,(H,23,26)/p+2/t14-/m0/s1. The summed E-state index contributed by atoms with van der Waals surface area (Å²) in [6.07, 6.45) is 1.61. The third-order valence-corrected chi connectivity index (χ3v) is 5.81. The molecule has 1 fully saturated rings. The normalized spacial score (nSPS) is 21.9. The van der Waals surface area contributed by atoms with Crippen LogP contribution in [0.5, 0.6) is 11.5 Å². The number of benzene rings is 1. The number of ether oxygens (including phenoxy) is 2. The second-order valence-corrected chi connectivity index (χ2v) is 7.68. The Kier molecular flexibility index (Phi) is 5.66. The molecule has 2 aromatic rings. The average Bonchev–Trinajstić information content (AvgIpc) is 3.17. The smallest absolute Gasteiger partial charge is 0.282 e. The number of aromatic nitrogens is 1. The molecule has 8 heteroatoms. The Balaban J connectivity index is 1.28. The molecule has 7 nitrogen and oxygen atoms in total. The Labute approximate surface area is 169 Å². The Morgan fingerprint density at radius 3 is 2.79 bits per heavy atom. The van der Waals surface area contributed by atoms with Gasteiger partial charge < -0.3 is 24.6 Å². The highest BCUT2D eigenvalue weighted by molar-refractivity contribution is 6.32. The first kappa shape index (κ1) is 19.0. The van der Waals surface area contributed by atoms with Gasteiger partial charge in [-0.2, -0.15) is 0 Å². The van der Waals surface area contributed by atoms with Crippen molar-refractivity contribution in [1.29, 1.82) is 0 Å². The summed E-state index contributed by atoms with van der Waals surface area (Å²) in [5.74, 6) is 1.63. The van der Waals surface area contributed by atoms with E-state index in [9.17, 15) is 4.79 Å². The van der Waals surface area contributed by atoms with E-state index in [1.165, 1.54) is 15.4 Å². The number of fused-ring (bicyclic) bond motifs is 1. The molecule has 28 heavy (non-hydrogen) atoms. The van der Waals surface area contributed by atoms with Gasteiger partial charge in [0.1, 0.15) is 32.7 Å². The molecule has 1 atom stereocenters. The molecule has 0 unspecified atom stereocenters. The van der Waals surface area contributed by atoms with E-state index in [1.54, 1.807) is 18.3 Å². The maximum atomic E-state index is 12.6. The molecular formula is C20H25ClN4O3+2. The van der Waals surface area contributed by atoms with Gasteiger partial charge >= 0.3 is 0 Å². The summed E-state index contributed by atoms with van der Waals surface area (Å²) in [4.78, 5) is 19.4. The summed E-state index contributed by atoms with van der Waals surface area (Å²) in [7, 11) is 0. The van der Waals surface area contributed by atoms with E-state index < -0.39 is 0 Å². The Morgan fingerprint density at radius 1 is 1.21 bits per heavy atom. The van der Waals surface area contributed by atoms with E-state index in [0.29, 0.717) is 17.6 Å². The lowest BCUT2D eigenvalue weighted by atomic mass is 10.1. The third kappa shape index (κ3) is 4.22. The number of pyridine rings is 1. The van der Waals surface area contributed by atoms with Gasteiger partial charge in [0.15, 0.2) is 22.7 Å². The topological polar surface area (TPSA) is 69.3 Å². The number of halogens is 1. The lowest BCUT2D eigenvalue weighted by Crippen LogP contribution is -3.29. The van der Waals surface area contributed by atoms with Gasteiger partial charge in [0, 0.05) is 11.8 Å². The first-order valence-electron chi connectivity index (χ1n) is 9.58. The largest absolute Gasteiger partial charge is 0.454 e. The number of amides is 1. The second-order valence-electron chi connectivity index (χ2n) is 7.33. The van der Waals surface area contributed by atoms with Crippen molar-refractivity contribution < 1.29 is 24.1 Å². The highest BCUT2D eigenvalue weighted by Crippen LogP contribution is 2.32. The molecule has 3 heterocycles. The monoisotopic (exact) mass is 404 g/mol. The van der Waals surface area contributed by atoms with Crippen LogP contribution in [0.3, 0.4) is 0 Å². The van der Waals surface area contributed by atoms with E-state index in [0.717, 1.165) is 44.2 Å². The molecule has 0 bridgehead atoms. The molecule has 1 aromatic heterocycles. The highest BCUT2D eigenvalue weighted by Gasteiger charge is 2.31. The second kappa shape index (κ2) is 8.34. The number of nitrogens with one attached hydrogen (secondary N) is 3. The maximum Gasteiger partial charge on any atom is 0.282 e. The van der Waals surface area contributed by atoms with Crippen LogP contribution in [0.25, 0.3) is 0 Å². The fourth-order valence-corrected chi connectivity index (χ4v) is 3.95. The predicted molar refractivity (Wildman–Crippen MR) is 105 cm³/mol. The minimum atomic E-state index is -0.136. The first-order valence-corrected chi connectivity index (χ1v) is 9.96. The van der Waals surface area contributed by atoms with Gasteiger partial charge in [-0.3, -0.25) is 4.79 Å². The Morgan fingerprint density at radius 2 is 2.00 bits per heavy atom. The van der Waals surface area contributed by atoms with Crippen LogP contribution in [0.15, 0.2) is 36.5 Å². The van der Waals surface area contributed by atoms with Gasteiger partial charge in [0.05, 0.1) is 5.69 Å². The number of anilines is 1. The van der Waals surface area contributed by atoms with Gasteiger partial charge in [-0.25, -0.2) is 4.98 Å². The zero-order chi connectivity index (χ0) is 19.5. The highest BCUT2D eigenvalue weighted by atomic mass is 35.5. The van der Waals surface area contributed by atoms with Crippen LogP contribution in [0.1, 0.15) is 12.5 Å². The fourth-order valence-electron chi connectivity index (χ4n) is 3.78. The number of piperazine rings is 1. The van der Waals surface area contributed by atoms with E-state index in [1.807, 2.05) is 13.0 Å². The summed E-state index contributed by atoms with van der Waals surface area (Å²) >= 11 is 6.04. The molecule has 148 valence electrons. The Hall–Kier alpha value is -2.35. The quantitative estimate of drug-likeness (QED) is 0.602. The fraction of sp³-hybridized carbons (Fsp3) is 0.400. The average molecular weight is 405 g/mol. The van der Waals surface area contributed by atoms with Gasteiger partial charge in [0.2, 0.25) is 6.79 Å². The maximum absolute atomic E-state index is 12.6. The van der Waals surface area contributed by atoms with Crippen molar-refractivity contribution in [1.82, 2.24) is 4.98 Å². The molecule has 0 radical (unpaired) electrons. The molecule has 4 rings (SSSR count). The van der Waals surface area contributed by atoms with E-state index in [2.05, 4.69) is 22.4 Å². The number of hydrogen-bond donors (Lipinski definition) is 3. The van der Waals surface area contributed by atoms with E-state index >= 15 is 0 Å². The molecule has 0 aliphatic carbocycles. The van der Waals surface area contributed by atoms with Gasteiger partial charge in [-0.1, -0.05) is 11.6 Å². The molecule has 2 aliphatic heterocycles. The first-order chi connectivity index (χ1) is 13.6. The van der Waals surface area contributed by atoms with Crippen molar-refractivity contribution in [2.75, 3.05) is 38.3 Å². The zero-order valence-electron chi connectivity index (χ0n) is 15.8. The number of quaternary nitrogens is 2. The lowest BCUT2D eigenvalue weighted by molar-refractivity contribution is -1.02. The van der Waals surface area contributed by atoms with Crippen LogP contribution in [-0.4, -0.2) is 49.9 Å². The van der Waals surface area contributed by atoms with Crippen LogP contribution in [0, 0.1) is 0 Å². The number of rotatable bonds is 5. The number of nitrogens with zero attached hydrogens (tertiary/aromatic N) is 1. The summed E-state index contributed by atoms with van der Waals surface area (Å²) in [6.45, 7) is 7.18. The van der Waals surface area contributed by atoms with E-state index in [-0.39, 0.29) is 11.9 Å². The lowest BCUT2D eigenvalue weighted by Gasteiger charge is -2.32. The molecule has 1 amide bonds. The summed E-state index contributed by atoms with van der Waals surface area (Å²) in [5, 5.41) is 3.21. The SMILES string of the molecule is C[C@@H](C(=O)Nc1cccnc1Cl)[NH+]1CC[NH+](Cc2ccc3c(c2)OCO3)CC1. The summed E-state index contributed by atoms with van der Waals surface area (Å²) in [5.41, 5.74) is 1.81. The minimum absolute atomic E-state index is 0.0240. The molecule has 1 aromatic carbocycles. The van der Waals surface area contributed by atoms with Crippen molar-refractivity contribution in [3.63, 3.8) is 0 Å². The summed E-state index contributed by atoms with van der Waals surface area (Å²) < 4.78 is 10.8. The zero-order valence-corrected chi connectivity index (χ0v) is 16.6. The molecular weight excluding hydrogens is 380 g/mol. The van der Waals surface area contributed by atoms with Crippen molar-refractivity contribution >= 4 is 23.2 Å². The van der Waals surface area contributed by atoms with Crippen molar-refractivity contribution in [3.8, 4) is 11.5 Å². The predicted octanol–water partition coefficient (Wildman–Crippen LogP) is -0.226. The van der Waals surface area contributed by atoms with Crippen molar-refractivity contribution in [2.24, 2.45) is 0 Å². The molecule has 0 spiro atoms. The molecule has 1 saturated heterocycles. The van der Waals surface area contributed by atoms with Gasteiger partial charge in [-0.15, -0.1) is 0 Å². The number of carbonyl (C=O) groups is 1. The molecule has 0 saturated carbocycles.